The van der Waals surface area contributed by atoms with Gasteiger partial charge in [0.25, 0.3) is 5.91 Å². The van der Waals surface area contributed by atoms with E-state index in [9.17, 15) is 14.4 Å². The number of hydrogen-bond acceptors (Lipinski definition) is 4. The zero-order chi connectivity index (χ0) is 11.1. The van der Waals surface area contributed by atoms with Crippen molar-refractivity contribution in [2.75, 3.05) is 20.2 Å². The predicted molar refractivity (Wildman–Crippen MR) is 49.5 cm³/mol. The lowest BCUT2D eigenvalue weighted by Crippen LogP contribution is -2.31. The first-order chi connectivity index (χ1) is 6.49. The number of rotatable bonds is 5. The van der Waals surface area contributed by atoms with Gasteiger partial charge in [-0.2, -0.15) is 0 Å². The topological polar surface area (TPSA) is 63.7 Å². The van der Waals surface area contributed by atoms with Gasteiger partial charge in [-0.15, -0.1) is 0 Å². The Morgan fingerprint density at radius 2 is 2.07 bits per heavy atom. The van der Waals surface area contributed by atoms with Crippen molar-refractivity contribution in [1.29, 1.82) is 0 Å². The van der Waals surface area contributed by atoms with Crippen molar-refractivity contribution >= 4 is 18.2 Å². The maximum atomic E-state index is 10.9. The Labute approximate surface area is 82.3 Å². The van der Waals surface area contributed by atoms with Gasteiger partial charge < -0.3 is 9.64 Å². The molecule has 5 nitrogen and oxygen atoms in total. The molecule has 0 radical (unpaired) electrons. The van der Waals surface area contributed by atoms with Crippen LogP contribution in [0.1, 0.15) is 6.92 Å². The second-order valence-corrected chi connectivity index (χ2v) is 2.79. The van der Waals surface area contributed by atoms with Gasteiger partial charge in [0.15, 0.2) is 0 Å². The zero-order valence-corrected chi connectivity index (χ0v) is 8.28. The second kappa shape index (κ2) is 5.90. The molecule has 0 aromatic carbocycles. The van der Waals surface area contributed by atoms with Gasteiger partial charge in [-0.3, -0.25) is 9.59 Å². The average Bonchev–Trinajstić information content (AvgIpc) is 2.15. The number of likely N-dealkylation sites (N-methyl/N-ethyl adjacent to an activating group) is 1. The van der Waals surface area contributed by atoms with E-state index in [0.717, 1.165) is 0 Å². The van der Waals surface area contributed by atoms with Crippen molar-refractivity contribution in [3.05, 3.63) is 12.2 Å². The highest BCUT2D eigenvalue weighted by Gasteiger charge is 2.08. The van der Waals surface area contributed by atoms with Gasteiger partial charge in [0.05, 0.1) is 6.54 Å². The normalized spacial score (nSPS) is 9.00. The Kier molecular flexibility index (Phi) is 5.21. The Bertz CT molecular complexity index is 260. The number of esters is 1. The van der Waals surface area contributed by atoms with Gasteiger partial charge >= 0.3 is 5.97 Å². The van der Waals surface area contributed by atoms with Crippen molar-refractivity contribution in [3.63, 3.8) is 0 Å². The largest absolute Gasteiger partial charge is 0.460 e. The third-order valence-corrected chi connectivity index (χ3v) is 1.49. The summed E-state index contributed by atoms with van der Waals surface area (Å²) in [6, 6.07) is 0. The van der Waals surface area contributed by atoms with Gasteiger partial charge in [0, 0.05) is 12.6 Å². The first-order valence-electron chi connectivity index (χ1n) is 4.02. The molecule has 0 rings (SSSR count). The number of ether oxygens (including phenoxy) is 1. The number of nitrogens with zero attached hydrogens (tertiary/aromatic N) is 1. The van der Waals surface area contributed by atoms with E-state index in [1.54, 1.807) is 0 Å². The SMILES string of the molecule is C=C(C)C(=O)OCCN(C)C(=O)C=O. The molecule has 0 aliphatic heterocycles. The molecule has 0 N–H and O–H groups in total. The summed E-state index contributed by atoms with van der Waals surface area (Å²) in [7, 11) is 1.45. The fraction of sp³-hybridized carbons (Fsp3) is 0.444. The third kappa shape index (κ3) is 4.39. The van der Waals surface area contributed by atoms with Crippen molar-refractivity contribution < 1.29 is 19.1 Å². The van der Waals surface area contributed by atoms with Crippen LogP contribution in [-0.2, 0) is 19.1 Å². The molecule has 0 atom stereocenters. The van der Waals surface area contributed by atoms with Crippen LogP contribution in [0.3, 0.4) is 0 Å². The molecular formula is C9H13NO4. The lowest BCUT2D eigenvalue weighted by Gasteiger charge is -2.13. The van der Waals surface area contributed by atoms with E-state index in [1.165, 1.54) is 18.9 Å². The van der Waals surface area contributed by atoms with Crippen LogP contribution < -0.4 is 0 Å². The van der Waals surface area contributed by atoms with E-state index in [0.29, 0.717) is 5.57 Å². The maximum absolute atomic E-state index is 10.9. The van der Waals surface area contributed by atoms with Crippen LogP contribution in [0.5, 0.6) is 0 Å². The summed E-state index contributed by atoms with van der Waals surface area (Å²) in [5, 5.41) is 0. The van der Waals surface area contributed by atoms with Crippen LogP contribution >= 0.6 is 0 Å². The second-order valence-electron chi connectivity index (χ2n) is 2.79. The summed E-state index contributed by atoms with van der Waals surface area (Å²) in [5.74, 6) is -1.15. The van der Waals surface area contributed by atoms with Crippen molar-refractivity contribution in [3.8, 4) is 0 Å². The van der Waals surface area contributed by atoms with E-state index >= 15 is 0 Å². The molecule has 0 saturated carbocycles. The van der Waals surface area contributed by atoms with Gasteiger partial charge in [-0.1, -0.05) is 6.58 Å². The van der Waals surface area contributed by atoms with Gasteiger partial charge in [0.1, 0.15) is 6.61 Å². The molecule has 0 aromatic rings. The van der Waals surface area contributed by atoms with E-state index in [2.05, 4.69) is 6.58 Å². The molecule has 1 amide bonds. The summed E-state index contributed by atoms with van der Waals surface area (Å²) < 4.78 is 4.72. The molecule has 78 valence electrons. The number of aldehydes is 1. The van der Waals surface area contributed by atoms with Crippen molar-refractivity contribution in [1.82, 2.24) is 4.90 Å². The summed E-state index contributed by atoms with van der Waals surface area (Å²) in [6.07, 6.45) is 0.209. The lowest BCUT2D eigenvalue weighted by molar-refractivity contribution is -0.142. The molecule has 0 saturated heterocycles. The van der Waals surface area contributed by atoms with E-state index in [1.807, 2.05) is 0 Å². The van der Waals surface area contributed by atoms with Crippen LogP contribution in [0.4, 0.5) is 0 Å². The highest BCUT2D eigenvalue weighted by molar-refractivity contribution is 6.23. The summed E-state index contributed by atoms with van der Waals surface area (Å²) in [4.78, 5) is 32.8. The Morgan fingerprint density at radius 1 is 1.50 bits per heavy atom. The van der Waals surface area contributed by atoms with Crippen LogP contribution in [0, 0.1) is 0 Å². The van der Waals surface area contributed by atoms with Gasteiger partial charge in [0.2, 0.25) is 6.29 Å². The molecule has 0 aliphatic carbocycles. The Hall–Kier alpha value is -1.65. The monoisotopic (exact) mass is 199 g/mol. The summed E-state index contributed by atoms with van der Waals surface area (Å²) in [5.41, 5.74) is 0.300. The van der Waals surface area contributed by atoms with Crippen LogP contribution in [0.25, 0.3) is 0 Å². The molecule has 0 aromatic heterocycles. The minimum Gasteiger partial charge on any atom is -0.460 e. The van der Waals surface area contributed by atoms with Gasteiger partial charge in [-0.25, -0.2) is 4.79 Å². The maximum Gasteiger partial charge on any atom is 0.333 e. The Balaban J connectivity index is 3.74. The minimum atomic E-state index is -0.642. The average molecular weight is 199 g/mol. The minimum absolute atomic E-state index is 0.0573. The first kappa shape index (κ1) is 12.3. The molecule has 0 fully saturated rings. The van der Waals surface area contributed by atoms with Crippen LogP contribution in [-0.4, -0.2) is 43.3 Å². The fourth-order valence-electron chi connectivity index (χ4n) is 0.599. The zero-order valence-electron chi connectivity index (χ0n) is 8.28. The number of amides is 1. The highest BCUT2D eigenvalue weighted by atomic mass is 16.5. The molecule has 0 spiro atoms. The first-order valence-corrected chi connectivity index (χ1v) is 4.02. The molecule has 0 unspecified atom stereocenters. The molecule has 14 heavy (non-hydrogen) atoms. The molecule has 0 aliphatic rings. The quantitative estimate of drug-likeness (QED) is 0.265. The van der Waals surface area contributed by atoms with E-state index in [-0.39, 0.29) is 19.4 Å². The van der Waals surface area contributed by atoms with Crippen LogP contribution in [0.15, 0.2) is 12.2 Å². The lowest BCUT2D eigenvalue weighted by atomic mass is 10.4. The van der Waals surface area contributed by atoms with Crippen molar-refractivity contribution in [2.45, 2.75) is 6.92 Å². The van der Waals surface area contributed by atoms with E-state index < -0.39 is 11.9 Å². The molecule has 5 heteroatoms. The molecular weight excluding hydrogens is 186 g/mol. The number of hydrogen-bond donors (Lipinski definition) is 0. The van der Waals surface area contributed by atoms with Gasteiger partial charge in [-0.05, 0) is 6.92 Å². The third-order valence-electron chi connectivity index (χ3n) is 1.49. The van der Waals surface area contributed by atoms with E-state index in [4.69, 9.17) is 4.74 Å². The summed E-state index contributed by atoms with van der Waals surface area (Å²) in [6.45, 7) is 5.17. The smallest absolute Gasteiger partial charge is 0.333 e. The predicted octanol–water partition coefficient (Wildman–Crippen LogP) is -0.237. The fourth-order valence-corrected chi connectivity index (χ4v) is 0.599. The standard InChI is InChI=1S/C9H13NO4/c1-7(2)9(13)14-5-4-10(3)8(12)6-11/h6H,1,4-5H2,2-3H3. The number of carbonyl (C=O) groups excluding carboxylic acids is 3. The Morgan fingerprint density at radius 3 is 2.50 bits per heavy atom. The van der Waals surface area contributed by atoms with Crippen LogP contribution in [0.2, 0.25) is 0 Å². The molecule has 0 bridgehead atoms. The molecule has 0 heterocycles. The van der Waals surface area contributed by atoms with Crippen molar-refractivity contribution in [2.24, 2.45) is 0 Å². The highest BCUT2D eigenvalue weighted by Crippen LogP contribution is 1.92. The number of carbonyl (C=O) groups is 3. The summed E-state index contributed by atoms with van der Waals surface area (Å²) >= 11 is 0.